The van der Waals surface area contributed by atoms with Crippen molar-refractivity contribution in [2.24, 2.45) is 0 Å². The lowest BCUT2D eigenvalue weighted by Crippen LogP contribution is -2.12. The Hall–Kier alpha value is -2.41. The molecule has 0 saturated heterocycles. The minimum Gasteiger partial charge on any atom is -0.493 e. The Kier molecular flexibility index (Phi) is 3.34. The molecule has 2 heterocycles. The quantitative estimate of drug-likeness (QED) is 0.743. The van der Waals surface area contributed by atoms with Gasteiger partial charge in [-0.1, -0.05) is 18.2 Å². The third kappa shape index (κ3) is 2.36. The highest BCUT2D eigenvalue weighted by atomic mass is 79.9. The third-order valence-electron chi connectivity index (χ3n) is 2.88. The van der Waals surface area contributed by atoms with Crippen molar-refractivity contribution in [1.82, 2.24) is 9.97 Å². The van der Waals surface area contributed by atoms with E-state index in [9.17, 15) is 14.3 Å². The molecule has 0 amide bonds. The molecule has 7 heteroatoms. The van der Waals surface area contributed by atoms with Crippen LogP contribution in [-0.2, 0) is 0 Å². The zero-order valence-corrected chi connectivity index (χ0v) is 12.0. The second-order valence-electron chi connectivity index (χ2n) is 4.19. The van der Waals surface area contributed by atoms with Crippen LogP contribution < -0.4 is 5.56 Å². The lowest BCUT2D eigenvalue weighted by molar-refractivity contribution is 0.452. The number of aromatic hydroxyl groups is 1. The summed E-state index contributed by atoms with van der Waals surface area (Å²) in [4.78, 5) is 18.5. The lowest BCUT2D eigenvalue weighted by Gasteiger charge is -2.06. The number of benzene rings is 1. The number of H-pyrrole nitrogens is 1. The average Bonchev–Trinajstić information content (AvgIpc) is 2.86. The van der Waals surface area contributed by atoms with E-state index in [-0.39, 0.29) is 22.7 Å². The van der Waals surface area contributed by atoms with Gasteiger partial charge in [-0.05, 0) is 28.1 Å². The summed E-state index contributed by atoms with van der Waals surface area (Å²) in [6, 6.07) is 7.27. The smallest absolute Gasteiger partial charge is 0.263 e. The molecule has 5 nitrogen and oxygen atoms in total. The molecular formula is C14H8BrFN2O3. The maximum atomic E-state index is 13.8. The molecule has 0 aliphatic heterocycles. The van der Waals surface area contributed by atoms with Crippen molar-refractivity contribution in [1.29, 1.82) is 0 Å². The van der Waals surface area contributed by atoms with Gasteiger partial charge >= 0.3 is 0 Å². The summed E-state index contributed by atoms with van der Waals surface area (Å²) in [6.45, 7) is 0. The van der Waals surface area contributed by atoms with Crippen LogP contribution in [0, 0.1) is 5.82 Å². The van der Waals surface area contributed by atoms with Crippen molar-refractivity contribution >= 4 is 15.9 Å². The molecule has 0 saturated carbocycles. The predicted octanol–water partition coefficient (Wildman–Crippen LogP) is 3.30. The highest BCUT2D eigenvalue weighted by Gasteiger charge is 2.18. The predicted molar refractivity (Wildman–Crippen MR) is 77.3 cm³/mol. The third-order valence-corrected chi connectivity index (χ3v) is 3.50. The molecule has 0 aliphatic rings. The van der Waals surface area contributed by atoms with E-state index in [0.29, 0.717) is 4.47 Å². The largest absolute Gasteiger partial charge is 0.493 e. The Balaban J connectivity index is 2.21. The van der Waals surface area contributed by atoms with E-state index in [4.69, 9.17) is 4.42 Å². The van der Waals surface area contributed by atoms with Crippen molar-refractivity contribution in [2.45, 2.75) is 0 Å². The monoisotopic (exact) mass is 350 g/mol. The van der Waals surface area contributed by atoms with Crippen LogP contribution >= 0.6 is 15.9 Å². The van der Waals surface area contributed by atoms with Gasteiger partial charge in [0.1, 0.15) is 11.4 Å². The van der Waals surface area contributed by atoms with E-state index in [1.54, 1.807) is 12.1 Å². The average molecular weight is 351 g/mol. The van der Waals surface area contributed by atoms with Crippen molar-refractivity contribution in [3.05, 3.63) is 57.2 Å². The number of aromatic nitrogens is 2. The Morgan fingerprint density at radius 1 is 1.29 bits per heavy atom. The van der Waals surface area contributed by atoms with Crippen molar-refractivity contribution in [2.75, 3.05) is 0 Å². The molecule has 0 atom stereocenters. The number of nitrogens with zero attached hydrogens (tertiary/aromatic N) is 1. The SMILES string of the molecule is O=c1[nH]c(-c2occc2Br)nc(O)c1-c1ccccc1F. The topological polar surface area (TPSA) is 79.1 Å². The first kappa shape index (κ1) is 13.6. The summed E-state index contributed by atoms with van der Waals surface area (Å²) in [6.07, 6.45) is 1.40. The number of aromatic amines is 1. The zero-order chi connectivity index (χ0) is 15.0. The number of nitrogens with one attached hydrogen (secondary N) is 1. The van der Waals surface area contributed by atoms with Crippen LogP contribution in [0.25, 0.3) is 22.7 Å². The zero-order valence-electron chi connectivity index (χ0n) is 10.4. The molecule has 0 bridgehead atoms. The molecule has 0 unspecified atom stereocenters. The van der Waals surface area contributed by atoms with Gasteiger partial charge in [0, 0.05) is 5.56 Å². The van der Waals surface area contributed by atoms with Crippen molar-refractivity contribution in [3.63, 3.8) is 0 Å². The van der Waals surface area contributed by atoms with Gasteiger partial charge in [-0.2, -0.15) is 4.98 Å². The van der Waals surface area contributed by atoms with Crippen LogP contribution in [0.2, 0.25) is 0 Å². The fraction of sp³-hybridized carbons (Fsp3) is 0. The van der Waals surface area contributed by atoms with Crippen LogP contribution in [0.1, 0.15) is 0 Å². The normalized spacial score (nSPS) is 10.8. The van der Waals surface area contributed by atoms with E-state index in [2.05, 4.69) is 25.9 Å². The van der Waals surface area contributed by atoms with Crippen LogP contribution in [-0.4, -0.2) is 15.1 Å². The molecule has 21 heavy (non-hydrogen) atoms. The molecule has 0 aliphatic carbocycles. The second kappa shape index (κ2) is 5.17. The number of halogens is 2. The highest BCUT2D eigenvalue weighted by molar-refractivity contribution is 9.10. The number of rotatable bonds is 2. The molecule has 0 fully saturated rings. The standard InChI is InChI=1S/C14H8BrFN2O3/c15-8-5-6-21-11(8)12-17-13(19)10(14(20)18-12)7-3-1-2-4-9(7)16/h1-6H,(H2,17,18,19,20). The molecule has 3 aromatic rings. The Labute approximate surface area is 126 Å². The first-order chi connectivity index (χ1) is 10.1. The number of hydrogen-bond acceptors (Lipinski definition) is 4. The van der Waals surface area contributed by atoms with E-state index in [1.165, 1.54) is 24.5 Å². The van der Waals surface area contributed by atoms with Crippen LogP contribution in [0.15, 0.2) is 50.3 Å². The molecule has 2 aromatic heterocycles. The minimum absolute atomic E-state index is 0.0196. The van der Waals surface area contributed by atoms with Gasteiger partial charge in [-0.25, -0.2) is 4.39 Å². The molecule has 0 radical (unpaired) electrons. The van der Waals surface area contributed by atoms with E-state index >= 15 is 0 Å². The van der Waals surface area contributed by atoms with Gasteiger partial charge in [-0.3, -0.25) is 4.79 Å². The first-order valence-corrected chi connectivity index (χ1v) is 6.69. The van der Waals surface area contributed by atoms with Crippen LogP contribution in [0.3, 0.4) is 0 Å². The summed E-state index contributed by atoms with van der Waals surface area (Å²) >= 11 is 3.23. The van der Waals surface area contributed by atoms with E-state index in [0.717, 1.165) is 0 Å². The molecule has 2 N–H and O–H groups in total. The molecule has 3 rings (SSSR count). The van der Waals surface area contributed by atoms with Crippen molar-refractivity contribution in [3.8, 4) is 28.6 Å². The van der Waals surface area contributed by atoms with E-state index in [1.807, 2.05) is 0 Å². The maximum absolute atomic E-state index is 13.8. The lowest BCUT2D eigenvalue weighted by atomic mass is 10.1. The summed E-state index contributed by atoms with van der Waals surface area (Å²) < 4.78 is 19.5. The summed E-state index contributed by atoms with van der Waals surface area (Å²) in [5.74, 6) is -0.869. The minimum atomic E-state index is -0.661. The summed E-state index contributed by atoms with van der Waals surface area (Å²) in [5.41, 5.74) is -0.903. The van der Waals surface area contributed by atoms with Gasteiger partial charge in [0.25, 0.3) is 5.56 Å². The highest BCUT2D eigenvalue weighted by Crippen LogP contribution is 2.30. The molecule has 1 aromatic carbocycles. The van der Waals surface area contributed by atoms with Gasteiger partial charge < -0.3 is 14.5 Å². The van der Waals surface area contributed by atoms with Gasteiger partial charge in [0.15, 0.2) is 11.6 Å². The van der Waals surface area contributed by atoms with Crippen molar-refractivity contribution < 1.29 is 13.9 Å². The summed E-state index contributed by atoms with van der Waals surface area (Å²) in [5, 5.41) is 9.99. The Morgan fingerprint density at radius 2 is 2.05 bits per heavy atom. The number of hydrogen-bond donors (Lipinski definition) is 2. The maximum Gasteiger partial charge on any atom is 0.263 e. The molecule has 0 spiro atoms. The van der Waals surface area contributed by atoms with Crippen LogP contribution in [0.4, 0.5) is 4.39 Å². The van der Waals surface area contributed by atoms with Gasteiger partial charge in [0.2, 0.25) is 5.88 Å². The summed E-state index contributed by atoms with van der Waals surface area (Å²) in [7, 11) is 0. The Bertz CT molecular complexity index is 873. The Morgan fingerprint density at radius 3 is 2.67 bits per heavy atom. The van der Waals surface area contributed by atoms with Gasteiger partial charge in [0.05, 0.1) is 10.7 Å². The van der Waals surface area contributed by atoms with E-state index < -0.39 is 17.3 Å². The molecular weight excluding hydrogens is 343 g/mol. The van der Waals surface area contributed by atoms with Gasteiger partial charge in [-0.15, -0.1) is 0 Å². The van der Waals surface area contributed by atoms with Crippen LogP contribution in [0.5, 0.6) is 5.88 Å². The fourth-order valence-corrected chi connectivity index (χ4v) is 2.33. The molecule has 106 valence electrons. The fourth-order valence-electron chi connectivity index (χ4n) is 1.94. The second-order valence-corrected chi connectivity index (χ2v) is 5.04. The first-order valence-electron chi connectivity index (χ1n) is 5.89. The number of furan rings is 1.